The van der Waals surface area contributed by atoms with Gasteiger partial charge in [0.05, 0.1) is 19.7 Å². The first kappa shape index (κ1) is 11.7. The topological polar surface area (TPSA) is 69.8 Å². The number of nitrogens with zero attached hydrogens (tertiary/aromatic N) is 3. The molecule has 2 heterocycles. The molecule has 19 heavy (non-hydrogen) atoms. The number of fused-ring (bicyclic) bond motifs is 1. The lowest BCUT2D eigenvalue weighted by Gasteiger charge is -2.00. The Morgan fingerprint density at radius 3 is 2.95 bits per heavy atom. The molecule has 6 nitrogen and oxygen atoms in total. The number of aromatic amines is 1. The Labute approximate surface area is 110 Å². The first-order valence-electron chi connectivity index (χ1n) is 6.24. The molecule has 98 valence electrons. The molecule has 1 fully saturated rings. The summed E-state index contributed by atoms with van der Waals surface area (Å²) in [4.78, 5) is 15.1. The Bertz CT molecular complexity index is 643. The molecule has 0 radical (unpaired) electrons. The number of H-pyrrole nitrogens is 1. The molecule has 3 rings (SSSR count). The van der Waals surface area contributed by atoms with Crippen LogP contribution in [0.2, 0.25) is 0 Å². The molecule has 1 N–H and O–H groups in total. The molecule has 0 aliphatic carbocycles. The van der Waals surface area contributed by atoms with Gasteiger partial charge in [-0.25, -0.2) is 4.79 Å². The van der Waals surface area contributed by atoms with E-state index in [2.05, 4.69) is 15.3 Å². The van der Waals surface area contributed by atoms with Crippen LogP contribution in [0.5, 0.6) is 0 Å². The van der Waals surface area contributed by atoms with Gasteiger partial charge in [-0.05, 0) is 13.0 Å². The van der Waals surface area contributed by atoms with Crippen molar-refractivity contribution in [3.8, 4) is 0 Å². The van der Waals surface area contributed by atoms with Gasteiger partial charge in [-0.15, -0.1) is 5.11 Å². The van der Waals surface area contributed by atoms with Crippen LogP contribution in [0.4, 0.5) is 5.82 Å². The molecule has 1 aromatic heterocycles. The van der Waals surface area contributed by atoms with Crippen LogP contribution in [0.25, 0.3) is 10.9 Å². The summed E-state index contributed by atoms with van der Waals surface area (Å²) in [5.41, 5.74) is 1.30. The highest BCUT2D eigenvalue weighted by atomic mass is 16.5. The third-order valence-electron chi connectivity index (χ3n) is 2.86. The SMILES string of the molecule is CCOC(=O)c1c(/N=N/N2CC2)[nH]c2ccccc12. The molecule has 0 bridgehead atoms. The maximum Gasteiger partial charge on any atom is 0.342 e. The molecule has 0 saturated carbocycles. The highest BCUT2D eigenvalue weighted by Crippen LogP contribution is 2.29. The van der Waals surface area contributed by atoms with E-state index in [-0.39, 0.29) is 5.97 Å². The third kappa shape index (κ3) is 2.29. The molecule has 1 aromatic carbocycles. The predicted octanol–water partition coefficient (Wildman–Crippen LogP) is 2.66. The summed E-state index contributed by atoms with van der Waals surface area (Å²) in [7, 11) is 0. The second-order valence-corrected chi connectivity index (χ2v) is 4.26. The van der Waals surface area contributed by atoms with Crippen molar-refractivity contribution in [2.75, 3.05) is 19.7 Å². The van der Waals surface area contributed by atoms with E-state index in [1.165, 1.54) is 0 Å². The molecule has 0 amide bonds. The smallest absolute Gasteiger partial charge is 0.342 e. The summed E-state index contributed by atoms with van der Waals surface area (Å²) in [6.45, 7) is 3.95. The molecule has 0 atom stereocenters. The van der Waals surface area contributed by atoms with Gasteiger partial charge in [-0.2, -0.15) is 0 Å². The van der Waals surface area contributed by atoms with Crippen LogP contribution in [0.15, 0.2) is 34.6 Å². The Morgan fingerprint density at radius 2 is 2.21 bits per heavy atom. The van der Waals surface area contributed by atoms with Gasteiger partial charge >= 0.3 is 5.97 Å². The lowest BCUT2D eigenvalue weighted by atomic mass is 10.1. The number of carbonyl (C=O) groups is 1. The predicted molar refractivity (Wildman–Crippen MR) is 70.3 cm³/mol. The first-order valence-corrected chi connectivity index (χ1v) is 6.24. The van der Waals surface area contributed by atoms with E-state index in [4.69, 9.17) is 4.74 Å². The minimum Gasteiger partial charge on any atom is -0.462 e. The zero-order valence-electron chi connectivity index (χ0n) is 10.6. The van der Waals surface area contributed by atoms with Crippen molar-refractivity contribution in [3.05, 3.63) is 29.8 Å². The van der Waals surface area contributed by atoms with Crippen molar-refractivity contribution in [2.45, 2.75) is 6.92 Å². The van der Waals surface area contributed by atoms with Crippen molar-refractivity contribution >= 4 is 22.7 Å². The number of nitrogens with one attached hydrogen (secondary N) is 1. The van der Waals surface area contributed by atoms with Crippen molar-refractivity contribution in [1.29, 1.82) is 0 Å². The molecule has 1 aliphatic rings. The highest BCUT2D eigenvalue weighted by molar-refractivity contribution is 6.08. The second-order valence-electron chi connectivity index (χ2n) is 4.26. The zero-order valence-corrected chi connectivity index (χ0v) is 10.6. The molecule has 2 aromatic rings. The number of ether oxygens (including phenoxy) is 1. The van der Waals surface area contributed by atoms with E-state index in [0.717, 1.165) is 24.0 Å². The number of aromatic nitrogens is 1. The van der Waals surface area contributed by atoms with Gasteiger partial charge < -0.3 is 9.72 Å². The number of carbonyl (C=O) groups excluding carboxylic acids is 1. The average Bonchev–Trinajstić information content (AvgIpc) is 3.16. The highest BCUT2D eigenvalue weighted by Gasteiger charge is 2.21. The molecular formula is C13H14N4O2. The normalized spacial score (nSPS) is 14.3. The van der Waals surface area contributed by atoms with E-state index in [0.29, 0.717) is 18.0 Å². The molecule has 1 saturated heterocycles. The zero-order chi connectivity index (χ0) is 13.2. The van der Waals surface area contributed by atoms with Crippen LogP contribution in [0, 0.1) is 0 Å². The van der Waals surface area contributed by atoms with Crippen LogP contribution in [0.3, 0.4) is 0 Å². The number of hydrogen-bond acceptors (Lipinski definition) is 4. The van der Waals surface area contributed by atoms with E-state index < -0.39 is 0 Å². The summed E-state index contributed by atoms with van der Waals surface area (Å²) in [5.74, 6) is 0.0752. The monoisotopic (exact) mass is 258 g/mol. The van der Waals surface area contributed by atoms with Crippen LogP contribution in [-0.2, 0) is 4.74 Å². The number of hydrogen-bond donors (Lipinski definition) is 1. The summed E-state index contributed by atoms with van der Waals surface area (Å²) in [6.07, 6.45) is 0. The van der Waals surface area contributed by atoms with Gasteiger partial charge in [-0.1, -0.05) is 23.4 Å². The lowest BCUT2D eigenvalue weighted by Crippen LogP contribution is -2.04. The summed E-state index contributed by atoms with van der Waals surface area (Å²) >= 11 is 0. The number of rotatable bonds is 4. The summed E-state index contributed by atoms with van der Waals surface area (Å²) in [6, 6.07) is 7.55. The molecular weight excluding hydrogens is 244 g/mol. The molecule has 6 heteroatoms. The fourth-order valence-electron chi connectivity index (χ4n) is 1.85. The van der Waals surface area contributed by atoms with E-state index >= 15 is 0 Å². The summed E-state index contributed by atoms with van der Waals surface area (Å²) < 4.78 is 5.08. The Balaban J connectivity index is 2.07. The number of para-hydroxylation sites is 1. The van der Waals surface area contributed by atoms with E-state index in [1.54, 1.807) is 11.9 Å². The van der Waals surface area contributed by atoms with Crippen LogP contribution < -0.4 is 0 Å². The molecule has 0 unspecified atom stereocenters. The van der Waals surface area contributed by atoms with Crippen molar-refractivity contribution in [2.24, 2.45) is 10.3 Å². The fourth-order valence-corrected chi connectivity index (χ4v) is 1.85. The third-order valence-corrected chi connectivity index (χ3v) is 2.86. The maximum atomic E-state index is 12.0. The molecule has 1 aliphatic heterocycles. The quantitative estimate of drug-likeness (QED) is 0.520. The van der Waals surface area contributed by atoms with Crippen molar-refractivity contribution in [1.82, 2.24) is 9.99 Å². The standard InChI is InChI=1S/C13H14N4O2/c1-2-19-13(18)11-9-5-3-4-6-10(9)14-12(11)15-16-17-7-8-17/h3-6,14H,2,7-8H2,1H3/b16-15+. The minimum atomic E-state index is -0.375. The van der Waals surface area contributed by atoms with Gasteiger partial charge in [0, 0.05) is 10.9 Å². The second kappa shape index (κ2) is 4.72. The van der Waals surface area contributed by atoms with Gasteiger partial charge in [0.15, 0.2) is 5.82 Å². The Hall–Kier alpha value is -2.37. The first-order chi connectivity index (χ1) is 9.29. The van der Waals surface area contributed by atoms with E-state index in [9.17, 15) is 4.79 Å². The van der Waals surface area contributed by atoms with Crippen molar-refractivity contribution in [3.63, 3.8) is 0 Å². The molecule has 0 spiro atoms. The fraction of sp³-hybridized carbons (Fsp3) is 0.308. The number of esters is 1. The Morgan fingerprint density at radius 1 is 1.42 bits per heavy atom. The minimum absolute atomic E-state index is 0.334. The maximum absolute atomic E-state index is 12.0. The number of benzene rings is 1. The van der Waals surface area contributed by atoms with Crippen LogP contribution >= 0.6 is 0 Å². The summed E-state index contributed by atoms with van der Waals surface area (Å²) in [5, 5.41) is 10.7. The van der Waals surface area contributed by atoms with Gasteiger partial charge in [-0.3, -0.25) is 5.01 Å². The van der Waals surface area contributed by atoms with E-state index in [1.807, 2.05) is 24.3 Å². The average molecular weight is 258 g/mol. The van der Waals surface area contributed by atoms with Gasteiger partial charge in [0.25, 0.3) is 0 Å². The van der Waals surface area contributed by atoms with Gasteiger partial charge in [0.2, 0.25) is 0 Å². The lowest BCUT2D eigenvalue weighted by molar-refractivity contribution is 0.0529. The van der Waals surface area contributed by atoms with Crippen LogP contribution in [-0.4, -0.2) is 35.7 Å². The largest absolute Gasteiger partial charge is 0.462 e. The Kier molecular flexibility index (Phi) is 2.91. The van der Waals surface area contributed by atoms with Crippen LogP contribution in [0.1, 0.15) is 17.3 Å². The van der Waals surface area contributed by atoms with Crippen molar-refractivity contribution < 1.29 is 9.53 Å². The van der Waals surface area contributed by atoms with Gasteiger partial charge in [0.1, 0.15) is 5.56 Å².